The molecule has 1 saturated carbocycles. The monoisotopic (exact) mass is 266 g/mol. The van der Waals surface area contributed by atoms with Gasteiger partial charge in [0.05, 0.1) is 23.3 Å². The van der Waals surface area contributed by atoms with Crippen LogP contribution in [-0.2, 0) is 0 Å². The molecule has 0 aromatic carbocycles. The molecule has 1 fully saturated rings. The molecule has 1 aromatic rings. The maximum Gasteiger partial charge on any atom is 0.109 e. The van der Waals surface area contributed by atoms with Crippen molar-refractivity contribution in [3.8, 4) is 6.07 Å². The Hall–Kier alpha value is -1.05. The first-order chi connectivity index (χ1) is 8.54. The third-order valence-electron chi connectivity index (χ3n) is 3.45. The van der Waals surface area contributed by atoms with Gasteiger partial charge in [-0.25, -0.2) is 0 Å². The Labute approximate surface area is 113 Å². The topological polar surface area (TPSA) is 53.6 Å². The second kappa shape index (κ2) is 5.29. The van der Waals surface area contributed by atoms with E-state index in [4.69, 9.17) is 11.6 Å². The number of hydrogen-bond acceptors (Lipinski definition) is 3. The van der Waals surface area contributed by atoms with E-state index in [9.17, 15) is 5.26 Å². The Bertz CT molecular complexity index is 448. The van der Waals surface area contributed by atoms with Crippen molar-refractivity contribution in [1.82, 2.24) is 15.1 Å². The molecule has 1 aromatic heterocycles. The van der Waals surface area contributed by atoms with E-state index in [2.05, 4.69) is 30.3 Å². The van der Waals surface area contributed by atoms with Crippen molar-refractivity contribution in [3.05, 3.63) is 17.4 Å². The Kier molecular flexibility index (Phi) is 3.94. The van der Waals surface area contributed by atoms with Gasteiger partial charge < -0.3 is 0 Å². The second-order valence-corrected chi connectivity index (χ2v) is 5.82. The zero-order chi connectivity index (χ0) is 13.2. The molecule has 0 aliphatic heterocycles. The summed E-state index contributed by atoms with van der Waals surface area (Å²) in [6.45, 7) is 4.15. The molecular weight excluding hydrogens is 248 g/mol. The van der Waals surface area contributed by atoms with Crippen molar-refractivity contribution in [2.24, 2.45) is 0 Å². The van der Waals surface area contributed by atoms with Gasteiger partial charge in [-0.2, -0.15) is 10.4 Å². The normalized spacial score (nSPS) is 28.3. The SMILES string of the molecule is CC(C)NC1(C#N)CCCC(n2cc(Cl)cn2)C1. The molecule has 1 N–H and O–H groups in total. The quantitative estimate of drug-likeness (QED) is 0.915. The van der Waals surface area contributed by atoms with Gasteiger partial charge in [0.1, 0.15) is 5.54 Å². The zero-order valence-electron chi connectivity index (χ0n) is 10.9. The second-order valence-electron chi connectivity index (χ2n) is 5.38. The van der Waals surface area contributed by atoms with E-state index < -0.39 is 5.54 Å². The summed E-state index contributed by atoms with van der Waals surface area (Å²) in [5, 5.41) is 17.8. The van der Waals surface area contributed by atoms with E-state index in [0.29, 0.717) is 11.1 Å². The summed E-state index contributed by atoms with van der Waals surface area (Å²) in [7, 11) is 0. The first-order valence-corrected chi connectivity index (χ1v) is 6.81. The third kappa shape index (κ3) is 2.85. The van der Waals surface area contributed by atoms with Gasteiger partial charge >= 0.3 is 0 Å². The number of halogens is 1. The summed E-state index contributed by atoms with van der Waals surface area (Å²) in [5.74, 6) is 0. The summed E-state index contributed by atoms with van der Waals surface area (Å²) in [6.07, 6.45) is 7.29. The van der Waals surface area contributed by atoms with E-state index in [1.54, 1.807) is 6.20 Å². The number of rotatable bonds is 3. The molecule has 0 amide bonds. The molecule has 2 unspecified atom stereocenters. The average Bonchev–Trinajstić information content (AvgIpc) is 2.75. The molecule has 98 valence electrons. The lowest BCUT2D eigenvalue weighted by molar-refractivity contribution is 0.210. The molecule has 0 spiro atoms. The van der Waals surface area contributed by atoms with Gasteiger partial charge in [0, 0.05) is 18.7 Å². The molecule has 2 atom stereocenters. The van der Waals surface area contributed by atoms with Gasteiger partial charge in [-0.15, -0.1) is 0 Å². The van der Waals surface area contributed by atoms with E-state index in [0.717, 1.165) is 25.7 Å². The summed E-state index contributed by atoms with van der Waals surface area (Å²) in [5.41, 5.74) is -0.421. The van der Waals surface area contributed by atoms with Crippen LogP contribution in [0.15, 0.2) is 12.4 Å². The molecule has 1 aliphatic carbocycles. The number of nitriles is 1. The van der Waals surface area contributed by atoms with Crippen LogP contribution in [-0.4, -0.2) is 21.4 Å². The predicted octanol–water partition coefficient (Wildman–Crippen LogP) is 2.91. The molecular formula is C13H19ClN4. The molecule has 0 bridgehead atoms. The molecule has 18 heavy (non-hydrogen) atoms. The fraction of sp³-hybridized carbons (Fsp3) is 0.692. The largest absolute Gasteiger partial charge is 0.297 e. The number of aromatic nitrogens is 2. The van der Waals surface area contributed by atoms with Crippen LogP contribution in [0.5, 0.6) is 0 Å². The van der Waals surface area contributed by atoms with E-state index in [1.165, 1.54) is 0 Å². The number of hydrogen-bond donors (Lipinski definition) is 1. The Morgan fingerprint density at radius 3 is 3.00 bits per heavy atom. The molecule has 2 rings (SSSR count). The first-order valence-electron chi connectivity index (χ1n) is 6.43. The maximum absolute atomic E-state index is 9.49. The Balaban J connectivity index is 2.14. The minimum atomic E-state index is -0.421. The van der Waals surface area contributed by atoms with Crippen LogP contribution in [0.1, 0.15) is 45.6 Å². The summed E-state index contributed by atoms with van der Waals surface area (Å²) >= 11 is 5.90. The number of nitrogens with zero attached hydrogens (tertiary/aromatic N) is 3. The zero-order valence-corrected chi connectivity index (χ0v) is 11.6. The van der Waals surface area contributed by atoms with Crippen LogP contribution in [0.3, 0.4) is 0 Å². The van der Waals surface area contributed by atoms with Crippen LogP contribution >= 0.6 is 11.6 Å². The molecule has 4 nitrogen and oxygen atoms in total. The smallest absolute Gasteiger partial charge is 0.109 e. The molecule has 5 heteroatoms. The Morgan fingerprint density at radius 1 is 1.67 bits per heavy atom. The lowest BCUT2D eigenvalue weighted by Crippen LogP contribution is -2.50. The van der Waals surface area contributed by atoms with Gasteiger partial charge in [-0.05, 0) is 33.1 Å². The van der Waals surface area contributed by atoms with Gasteiger partial charge in [0.15, 0.2) is 0 Å². The highest BCUT2D eigenvalue weighted by atomic mass is 35.5. The highest BCUT2D eigenvalue weighted by Crippen LogP contribution is 2.35. The fourth-order valence-electron chi connectivity index (χ4n) is 2.80. The van der Waals surface area contributed by atoms with Crippen molar-refractivity contribution in [3.63, 3.8) is 0 Å². The summed E-state index contributed by atoms with van der Waals surface area (Å²) < 4.78 is 1.90. The van der Waals surface area contributed by atoms with E-state index in [-0.39, 0.29) is 6.04 Å². The number of nitrogens with one attached hydrogen (secondary N) is 1. The minimum absolute atomic E-state index is 0.261. The van der Waals surface area contributed by atoms with Gasteiger partial charge in [0.2, 0.25) is 0 Å². The maximum atomic E-state index is 9.49. The van der Waals surface area contributed by atoms with Gasteiger partial charge in [-0.1, -0.05) is 11.6 Å². The lowest BCUT2D eigenvalue weighted by atomic mass is 9.79. The van der Waals surface area contributed by atoms with Gasteiger partial charge in [0.25, 0.3) is 0 Å². The molecule has 0 saturated heterocycles. The van der Waals surface area contributed by atoms with Crippen LogP contribution < -0.4 is 5.32 Å². The molecule has 0 radical (unpaired) electrons. The fourth-order valence-corrected chi connectivity index (χ4v) is 2.95. The average molecular weight is 267 g/mol. The highest BCUT2D eigenvalue weighted by Gasteiger charge is 2.37. The van der Waals surface area contributed by atoms with Crippen molar-refractivity contribution < 1.29 is 0 Å². The Morgan fingerprint density at radius 2 is 2.44 bits per heavy atom. The third-order valence-corrected chi connectivity index (χ3v) is 3.64. The predicted molar refractivity (Wildman–Crippen MR) is 71.4 cm³/mol. The van der Waals surface area contributed by atoms with Crippen molar-refractivity contribution in [2.75, 3.05) is 0 Å². The van der Waals surface area contributed by atoms with Crippen LogP contribution in [0.4, 0.5) is 0 Å². The van der Waals surface area contributed by atoms with Gasteiger partial charge in [-0.3, -0.25) is 10.00 Å². The van der Waals surface area contributed by atoms with Crippen molar-refractivity contribution in [1.29, 1.82) is 5.26 Å². The van der Waals surface area contributed by atoms with E-state index >= 15 is 0 Å². The summed E-state index contributed by atoms with van der Waals surface area (Å²) in [6, 6.07) is 3.04. The van der Waals surface area contributed by atoms with Crippen molar-refractivity contribution >= 4 is 11.6 Å². The molecule has 1 aliphatic rings. The van der Waals surface area contributed by atoms with Crippen LogP contribution in [0, 0.1) is 11.3 Å². The van der Waals surface area contributed by atoms with Crippen molar-refractivity contribution in [2.45, 2.75) is 57.2 Å². The minimum Gasteiger partial charge on any atom is -0.297 e. The standard InChI is InChI=1S/C13H19ClN4/c1-10(2)17-13(9-15)5-3-4-12(6-13)18-8-11(14)7-16-18/h7-8,10,12,17H,3-6H2,1-2H3. The highest BCUT2D eigenvalue weighted by molar-refractivity contribution is 6.30. The van der Waals surface area contributed by atoms with E-state index in [1.807, 2.05) is 10.9 Å². The summed E-state index contributed by atoms with van der Waals surface area (Å²) in [4.78, 5) is 0. The van der Waals surface area contributed by atoms with Crippen LogP contribution in [0.2, 0.25) is 5.02 Å². The molecule has 1 heterocycles. The first kappa shape index (κ1) is 13.4. The van der Waals surface area contributed by atoms with Crippen LogP contribution in [0.25, 0.3) is 0 Å². The lowest BCUT2D eigenvalue weighted by Gasteiger charge is -2.37.